The van der Waals surface area contributed by atoms with Crippen LogP contribution in [0.2, 0.25) is 0 Å². The Morgan fingerprint density at radius 3 is 2.88 bits per heavy atom. The average molecular weight is 109 g/mol. The summed E-state index contributed by atoms with van der Waals surface area (Å²) in [5.41, 5.74) is 0.787. The van der Waals surface area contributed by atoms with Crippen molar-refractivity contribution in [3.8, 4) is 0 Å². The minimum Gasteiger partial charge on any atom is -0.328 e. The smallest absolute Gasteiger partial charge is 0.316 e. The van der Waals surface area contributed by atoms with Gasteiger partial charge in [-0.15, -0.1) is 0 Å². The van der Waals surface area contributed by atoms with E-state index in [9.17, 15) is 0 Å². The van der Waals surface area contributed by atoms with Gasteiger partial charge in [-0.2, -0.15) is 4.98 Å². The molecule has 0 N–H and O–H groups in total. The van der Waals surface area contributed by atoms with Crippen molar-refractivity contribution >= 4 is 5.57 Å². The first-order valence-corrected chi connectivity index (χ1v) is 2.16. The van der Waals surface area contributed by atoms with Gasteiger partial charge in [-0.25, -0.2) is 0 Å². The molecule has 0 saturated carbocycles. The van der Waals surface area contributed by atoms with Crippen molar-refractivity contribution < 1.29 is 4.52 Å². The van der Waals surface area contributed by atoms with E-state index in [-0.39, 0.29) is 0 Å². The second kappa shape index (κ2) is 1.78. The molecule has 0 spiro atoms. The summed E-state index contributed by atoms with van der Waals surface area (Å²) in [5, 5.41) is 3.47. The van der Waals surface area contributed by atoms with Crippen LogP contribution in [0.15, 0.2) is 11.1 Å². The first kappa shape index (κ1) is 5.03. The second-order valence-electron chi connectivity index (χ2n) is 1.49. The van der Waals surface area contributed by atoms with Crippen molar-refractivity contribution in [2.75, 3.05) is 0 Å². The van der Waals surface area contributed by atoms with Crippen LogP contribution < -0.4 is 0 Å². The van der Waals surface area contributed by atoms with Crippen molar-refractivity contribution in [3.05, 3.63) is 18.8 Å². The van der Waals surface area contributed by atoms with E-state index in [0.717, 1.165) is 5.57 Å². The number of hydrogen-bond acceptors (Lipinski definition) is 3. The molecular weight excluding hydrogens is 104 g/mol. The average Bonchev–Trinajstić information content (AvgIpc) is 2.12. The maximum atomic E-state index is 4.33. The Bertz CT molecular complexity index is 178. The van der Waals surface area contributed by atoms with E-state index in [1.807, 2.05) is 0 Å². The minimum atomic E-state index is 0.519. The van der Waals surface area contributed by atoms with Crippen molar-refractivity contribution in [2.45, 2.75) is 6.92 Å². The van der Waals surface area contributed by atoms with Crippen LogP contribution in [0.1, 0.15) is 12.7 Å². The van der Waals surface area contributed by atoms with Crippen LogP contribution in [0.25, 0.3) is 5.57 Å². The minimum absolute atomic E-state index is 0.519. The molecule has 0 aliphatic heterocycles. The number of hydrogen-bond donors (Lipinski definition) is 0. The van der Waals surface area contributed by atoms with Crippen LogP contribution in [-0.4, -0.2) is 10.1 Å². The van der Waals surface area contributed by atoms with Crippen molar-refractivity contribution in [3.63, 3.8) is 0 Å². The van der Waals surface area contributed by atoms with Gasteiger partial charge in [-0.05, 0) is 12.5 Å². The van der Waals surface area contributed by atoms with Crippen molar-refractivity contribution in [2.24, 2.45) is 0 Å². The van der Waals surface area contributed by atoms with Gasteiger partial charge in [0.05, 0.1) is 0 Å². The number of rotatable bonds is 1. The van der Waals surface area contributed by atoms with E-state index in [1.54, 1.807) is 6.92 Å². The van der Waals surface area contributed by atoms with Gasteiger partial charge in [0, 0.05) is 0 Å². The third-order valence-electron chi connectivity index (χ3n) is 0.706. The van der Waals surface area contributed by atoms with Crippen LogP contribution in [0.4, 0.5) is 0 Å². The highest BCUT2D eigenvalue weighted by molar-refractivity contribution is 5.52. The molecule has 1 radical (unpaired) electrons. The maximum Gasteiger partial charge on any atom is 0.316 e. The molecule has 3 heteroatoms. The Morgan fingerprint density at radius 2 is 2.62 bits per heavy atom. The molecule has 8 heavy (non-hydrogen) atoms. The Labute approximate surface area is 47.0 Å². The monoisotopic (exact) mass is 109 g/mol. The third-order valence-corrected chi connectivity index (χ3v) is 0.706. The molecule has 0 aromatic carbocycles. The molecule has 1 aromatic heterocycles. The molecule has 0 aliphatic rings. The molecule has 0 bridgehead atoms. The van der Waals surface area contributed by atoms with Crippen molar-refractivity contribution in [1.29, 1.82) is 0 Å². The summed E-state index contributed by atoms with van der Waals surface area (Å²) in [7, 11) is 0. The highest BCUT2D eigenvalue weighted by atomic mass is 16.5. The van der Waals surface area contributed by atoms with E-state index in [2.05, 4.69) is 27.6 Å². The van der Waals surface area contributed by atoms with E-state index >= 15 is 0 Å². The quantitative estimate of drug-likeness (QED) is 0.537. The fraction of sp³-hybridized carbons (Fsp3) is 0.200. The lowest BCUT2D eigenvalue weighted by Crippen LogP contribution is -1.77. The zero-order chi connectivity index (χ0) is 5.98. The second-order valence-corrected chi connectivity index (χ2v) is 1.49. The predicted molar refractivity (Wildman–Crippen MR) is 27.8 cm³/mol. The molecule has 1 aromatic rings. The summed E-state index contributed by atoms with van der Waals surface area (Å²) in [4.78, 5) is 3.61. The van der Waals surface area contributed by atoms with E-state index < -0.39 is 0 Å². The van der Waals surface area contributed by atoms with Gasteiger partial charge in [0.15, 0.2) is 5.82 Å². The molecule has 0 amide bonds. The van der Waals surface area contributed by atoms with Crippen LogP contribution >= 0.6 is 0 Å². The molecule has 0 atom stereocenters. The topological polar surface area (TPSA) is 38.9 Å². The van der Waals surface area contributed by atoms with Gasteiger partial charge in [0.1, 0.15) is 0 Å². The van der Waals surface area contributed by atoms with E-state index in [1.165, 1.54) is 0 Å². The number of nitrogens with zero attached hydrogens (tertiary/aromatic N) is 2. The summed E-state index contributed by atoms with van der Waals surface area (Å²) in [6.45, 7) is 5.40. The maximum absolute atomic E-state index is 4.33. The fourth-order valence-corrected chi connectivity index (χ4v) is 0.321. The largest absolute Gasteiger partial charge is 0.328 e. The third kappa shape index (κ3) is 0.753. The fourth-order valence-electron chi connectivity index (χ4n) is 0.321. The standard InChI is InChI=1S/C5H5N2O/c1-4(2)5-6-3-8-7-5/h1H2,2H3. The van der Waals surface area contributed by atoms with Gasteiger partial charge < -0.3 is 4.52 Å². The van der Waals surface area contributed by atoms with Gasteiger partial charge in [-0.3, -0.25) is 0 Å². The summed E-state index contributed by atoms with van der Waals surface area (Å²) in [6.07, 6.45) is 2.21. The van der Waals surface area contributed by atoms with Crippen LogP contribution in [0, 0.1) is 6.39 Å². The lowest BCUT2D eigenvalue weighted by Gasteiger charge is -1.80. The number of aromatic nitrogens is 2. The van der Waals surface area contributed by atoms with Crippen LogP contribution in [0.5, 0.6) is 0 Å². The van der Waals surface area contributed by atoms with Crippen molar-refractivity contribution in [1.82, 2.24) is 10.1 Å². The Morgan fingerprint density at radius 1 is 1.88 bits per heavy atom. The summed E-state index contributed by atoms with van der Waals surface area (Å²) < 4.78 is 4.33. The van der Waals surface area contributed by atoms with Gasteiger partial charge in [0.25, 0.3) is 0 Å². The molecule has 0 unspecified atom stereocenters. The molecule has 0 fully saturated rings. The van der Waals surface area contributed by atoms with E-state index in [0.29, 0.717) is 5.82 Å². The van der Waals surface area contributed by atoms with Gasteiger partial charge in [0.2, 0.25) is 0 Å². The molecule has 0 aliphatic carbocycles. The lowest BCUT2D eigenvalue weighted by atomic mass is 10.3. The Balaban J connectivity index is 2.93. The Hall–Kier alpha value is -1.12. The highest BCUT2D eigenvalue weighted by Crippen LogP contribution is 2.00. The van der Waals surface area contributed by atoms with Crippen LogP contribution in [-0.2, 0) is 0 Å². The molecule has 1 rings (SSSR count). The normalized spacial score (nSPS) is 9.12. The zero-order valence-electron chi connectivity index (χ0n) is 4.51. The molecular formula is C5H5N2O. The van der Waals surface area contributed by atoms with E-state index in [4.69, 9.17) is 0 Å². The van der Waals surface area contributed by atoms with Gasteiger partial charge in [-0.1, -0.05) is 11.7 Å². The number of allylic oxidation sites excluding steroid dienone is 1. The molecule has 0 saturated heterocycles. The summed E-state index contributed by atoms with van der Waals surface area (Å²) in [5.74, 6) is 0.519. The highest BCUT2D eigenvalue weighted by Gasteiger charge is 1.95. The SMILES string of the molecule is C=C(C)c1n[c]on1. The molecule has 1 heterocycles. The van der Waals surface area contributed by atoms with Gasteiger partial charge >= 0.3 is 6.39 Å². The first-order valence-electron chi connectivity index (χ1n) is 2.16. The summed E-state index contributed by atoms with van der Waals surface area (Å²) in [6, 6.07) is 0. The van der Waals surface area contributed by atoms with Crippen LogP contribution in [0.3, 0.4) is 0 Å². The lowest BCUT2D eigenvalue weighted by molar-refractivity contribution is 0.408. The predicted octanol–water partition coefficient (Wildman–Crippen LogP) is 0.903. The Kier molecular flexibility index (Phi) is 1.12. The molecule has 3 nitrogen and oxygen atoms in total. The zero-order valence-corrected chi connectivity index (χ0v) is 4.51. The molecule has 41 valence electrons. The summed E-state index contributed by atoms with van der Waals surface area (Å²) >= 11 is 0. The first-order chi connectivity index (χ1) is 3.80.